The molecule has 2 saturated heterocycles. The highest BCUT2D eigenvalue weighted by molar-refractivity contribution is 5.97. The molecule has 0 unspecified atom stereocenters. The van der Waals surface area contributed by atoms with Crippen LogP contribution < -0.4 is 10.1 Å². The van der Waals surface area contributed by atoms with Crippen molar-refractivity contribution in [2.24, 2.45) is 11.8 Å². The van der Waals surface area contributed by atoms with Gasteiger partial charge in [-0.2, -0.15) is 0 Å². The summed E-state index contributed by atoms with van der Waals surface area (Å²) < 4.78 is 5.88. The summed E-state index contributed by atoms with van der Waals surface area (Å²) in [6.07, 6.45) is 1.90. The number of benzene rings is 2. The molecule has 2 aliphatic rings. The molecule has 0 radical (unpaired) electrons. The Balaban J connectivity index is 0.00000240. The van der Waals surface area contributed by atoms with Crippen LogP contribution in [0.15, 0.2) is 48.5 Å². The van der Waals surface area contributed by atoms with E-state index in [4.69, 9.17) is 4.74 Å². The van der Waals surface area contributed by atoms with E-state index in [1.807, 2.05) is 23.1 Å². The molecule has 2 aliphatic heterocycles. The van der Waals surface area contributed by atoms with Crippen molar-refractivity contribution in [1.29, 1.82) is 0 Å². The van der Waals surface area contributed by atoms with Crippen LogP contribution in [-0.2, 0) is 0 Å². The van der Waals surface area contributed by atoms with E-state index in [9.17, 15) is 14.9 Å². The Kier molecular flexibility index (Phi) is 6.71. The lowest BCUT2D eigenvalue weighted by Crippen LogP contribution is -2.33. The number of carbonyl (C=O) groups is 1. The molecule has 2 aromatic carbocycles. The zero-order valence-electron chi connectivity index (χ0n) is 16.0. The first kappa shape index (κ1) is 21.1. The summed E-state index contributed by atoms with van der Waals surface area (Å²) >= 11 is 0. The van der Waals surface area contributed by atoms with Crippen molar-refractivity contribution in [3.8, 4) is 11.5 Å². The maximum Gasteiger partial charge on any atom is 0.270 e. The third-order valence-corrected chi connectivity index (χ3v) is 5.68. The maximum absolute atomic E-state index is 13.3. The molecule has 0 bridgehead atoms. The van der Waals surface area contributed by atoms with Gasteiger partial charge in [-0.3, -0.25) is 14.9 Å². The number of carbonyl (C=O) groups excluding carboxylic acids is 1. The number of amides is 1. The Morgan fingerprint density at radius 1 is 1.07 bits per heavy atom. The molecule has 8 heteroatoms. The van der Waals surface area contributed by atoms with Crippen LogP contribution in [0, 0.1) is 22.0 Å². The zero-order chi connectivity index (χ0) is 19.5. The monoisotopic (exact) mass is 417 g/mol. The van der Waals surface area contributed by atoms with E-state index in [0.29, 0.717) is 36.4 Å². The average molecular weight is 418 g/mol. The number of hydrogen-bond donors (Lipinski definition) is 1. The molecule has 0 aromatic heterocycles. The van der Waals surface area contributed by atoms with Gasteiger partial charge in [0, 0.05) is 25.2 Å². The predicted octanol–water partition coefficient (Wildman–Crippen LogP) is 3.88. The number of nitrogens with one attached hydrogen (secondary N) is 1. The normalized spacial score (nSPS) is 20.9. The quantitative estimate of drug-likeness (QED) is 0.602. The van der Waals surface area contributed by atoms with Gasteiger partial charge in [0.05, 0.1) is 10.5 Å². The van der Waals surface area contributed by atoms with Crippen molar-refractivity contribution < 1.29 is 14.5 Å². The van der Waals surface area contributed by atoms with Crippen LogP contribution in [0.2, 0.25) is 0 Å². The first-order valence-corrected chi connectivity index (χ1v) is 9.63. The number of hydrogen-bond acceptors (Lipinski definition) is 5. The molecule has 1 amide bonds. The Hall–Kier alpha value is -2.64. The summed E-state index contributed by atoms with van der Waals surface area (Å²) in [7, 11) is 0. The van der Waals surface area contributed by atoms with E-state index in [-0.39, 0.29) is 29.6 Å². The minimum atomic E-state index is -0.485. The SMILES string of the molecule is Cl.O=C(c1cc([N+](=O)[O-])ccc1Oc1ccccc1)N1CC[C@@H]2CNC[C@@H]2CC1. The van der Waals surface area contributed by atoms with Crippen molar-refractivity contribution in [2.75, 3.05) is 26.2 Å². The molecule has 2 fully saturated rings. The van der Waals surface area contributed by atoms with Crippen molar-refractivity contribution in [3.63, 3.8) is 0 Å². The summed E-state index contributed by atoms with van der Waals surface area (Å²) in [6, 6.07) is 13.3. The highest BCUT2D eigenvalue weighted by Crippen LogP contribution is 2.32. The molecule has 7 nitrogen and oxygen atoms in total. The molecule has 4 rings (SSSR count). The average Bonchev–Trinajstić information content (AvgIpc) is 3.06. The summed E-state index contributed by atoms with van der Waals surface area (Å²) in [6.45, 7) is 3.34. The molecule has 154 valence electrons. The van der Waals surface area contributed by atoms with E-state index in [1.165, 1.54) is 18.2 Å². The number of ether oxygens (including phenoxy) is 1. The van der Waals surface area contributed by atoms with Gasteiger partial charge in [0.15, 0.2) is 0 Å². The van der Waals surface area contributed by atoms with Crippen LogP contribution in [0.5, 0.6) is 11.5 Å². The van der Waals surface area contributed by atoms with Crippen LogP contribution in [0.1, 0.15) is 23.2 Å². The maximum atomic E-state index is 13.3. The number of nitrogens with zero attached hydrogens (tertiary/aromatic N) is 2. The van der Waals surface area contributed by atoms with Gasteiger partial charge in [0.2, 0.25) is 0 Å². The van der Waals surface area contributed by atoms with E-state index >= 15 is 0 Å². The smallest absolute Gasteiger partial charge is 0.270 e. The lowest BCUT2D eigenvalue weighted by molar-refractivity contribution is -0.384. The first-order chi connectivity index (χ1) is 13.6. The number of nitro groups is 1. The summed E-state index contributed by atoms with van der Waals surface area (Å²) in [4.78, 5) is 25.8. The fourth-order valence-corrected chi connectivity index (χ4v) is 4.09. The standard InChI is InChI=1S/C21H23N3O4.ClH/c25-21(23-10-8-15-13-22-14-16(15)9-11-23)19-12-17(24(26)27)6-7-20(19)28-18-4-2-1-3-5-18;/h1-7,12,15-16,22H,8-11,13-14H2;1H/t15-,16+;. The Morgan fingerprint density at radius 3 is 2.34 bits per heavy atom. The predicted molar refractivity (Wildman–Crippen MR) is 112 cm³/mol. The minimum Gasteiger partial charge on any atom is -0.457 e. The third kappa shape index (κ3) is 4.68. The number of nitro benzene ring substituents is 1. The number of rotatable bonds is 4. The molecule has 2 atom stereocenters. The number of halogens is 1. The number of non-ortho nitro benzene ring substituents is 1. The van der Waals surface area contributed by atoms with Crippen molar-refractivity contribution in [2.45, 2.75) is 12.8 Å². The largest absolute Gasteiger partial charge is 0.457 e. The Labute approximate surface area is 175 Å². The van der Waals surface area contributed by atoms with E-state index in [1.54, 1.807) is 12.1 Å². The van der Waals surface area contributed by atoms with E-state index in [0.717, 1.165) is 25.9 Å². The van der Waals surface area contributed by atoms with Crippen molar-refractivity contribution in [3.05, 3.63) is 64.2 Å². The van der Waals surface area contributed by atoms with Crippen LogP contribution in [0.4, 0.5) is 5.69 Å². The van der Waals surface area contributed by atoms with Gasteiger partial charge in [0.1, 0.15) is 11.5 Å². The minimum absolute atomic E-state index is 0. The van der Waals surface area contributed by atoms with Crippen LogP contribution in [-0.4, -0.2) is 41.9 Å². The van der Waals surface area contributed by atoms with Gasteiger partial charge in [-0.15, -0.1) is 12.4 Å². The van der Waals surface area contributed by atoms with Crippen LogP contribution >= 0.6 is 12.4 Å². The molecule has 0 spiro atoms. The third-order valence-electron chi connectivity index (χ3n) is 5.68. The second kappa shape index (κ2) is 9.24. The molecule has 29 heavy (non-hydrogen) atoms. The topological polar surface area (TPSA) is 84.7 Å². The van der Waals surface area contributed by atoms with Gasteiger partial charge < -0.3 is 15.0 Å². The lowest BCUT2D eigenvalue weighted by atomic mass is 9.92. The molecule has 1 N–H and O–H groups in total. The van der Waals surface area contributed by atoms with Crippen molar-refractivity contribution >= 4 is 24.0 Å². The molecular formula is C21H24ClN3O4. The zero-order valence-corrected chi connectivity index (χ0v) is 16.8. The van der Waals surface area contributed by atoms with Gasteiger partial charge in [0.25, 0.3) is 11.6 Å². The second-order valence-corrected chi connectivity index (χ2v) is 7.40. The summed E-state index contributed by atoms with van der Waals surface area (Å²) in [5, 5.41) is 14.7. The number of para-hydroxylation sites is 1. The molecule has 2 aromatic rings. The number of likely N-dealkylation sites (tertiary alicyclic amines) is 1. The van der Waals surface area contributed by atoms with E-state index < -0.39 is 4.92 Å². The highest BCUT2D eigenvalue weighted by atomic mass is 35.5. The lowest BCUT2D eigenvalue weighted by Gasteiger charge is -2.22. The van der Waals surface area contributed by atoms with Crippen LogP contribution in [0.25, 0.3) is 0 Å². The number of fused-ring (bicyclic) bond motifs is 1. The van der Waals surface area contributed by atoms with Gasteiger partial charge in [-0.1, -0.05) is 18.2 Å². The fourth-order valence-electron chi connectivity index (χ4n) is 4.09. The van der Waals surface area contributed by atoms with Crippen molar-refractivity contribution in [1.82, 2.24) is 10.2 Å². The Morgan fingerprint density at radius 2 is 1.72 bits per heavy atom. The molecular weight excluding hydrogens is 394 g/mol. The molecule has 0 saturated carbocycles. The summed E-state index contributed by atoms with van der Waals surface area (Å²) in [5.74, 6) is 1.92. The van der Waals surface area contributed by atoms with Gasteiger partial charge in [-0.25, -0.2) is 0 Å². The highest BCUT2D eigenvalue weighted by Gasteiger charge is 2.32. The van der Waals surface area contributed by atoms with Crippen LogP contribution in [0.3, 0.4) is 0 Å². The first-order valence-electron chi connectivity index (χ1n) is 9.63. The summed E-state index contributed by atoms with van der Waals surface area (Å²) in [5.41, 5.74) is 0.128. The van der Waals surface area contributed by atoms with E-state index in [2.05, 4.69) is 5.32 Å². The van der Waals surface area contributed by atoms with Gasteiger partial charge in [-0.05, 0) is 56.0 Å². The Bertz CT molecular complexity index is 863. The molecule has 0 aliphatic carbocycles. The fraction of sp³-hybridized carbons (Fsp3) is 0.381. The second-order valence-electron chi connectivity index (χ2n) is 7.40. The van der Waals surface area contributed by atoms with Gasteiger partial charge >= 0.3 is 0 Å². The molecule has 2 heterocycles.